The van der Waals surface area contributed by atoms with E-state index in [-0.39, 0.29) is 0 Å². The minimum Gasteiger partial charge on any atom is -0.497 e. The standard InChI is InChI=1S/C19H18N2O2S/c1-4-21-18-11-14(23-2)7-10-16(18)17(12-20)19(21)13-5-8-15(9-6-13)24(3)22/h5-11H,4H2,1-3H3. The Kier molecular flexibility index (Phi) is 4.41. The van der Waals surface area contributed by atoms with E-state index in [2.05, 4.69) is 17.6 Å². The number of nitrogens with zero attached hydrogens (tertiary/aromatic N) is 2. The number of benzene rings is 2. The highest BCUT2D eigenvalue weighted by Gasteiger charge is 2.18. The number of aromatic nitrogens is 1. The lowest BCUT2D eigenvalue weighted by Gasteiger charge is -2.09. The fourth-order valence-electron chi connectivity index (χ4n) is 3.00. The summed E-state index contributed by atoms with van der Waals surface area (Å²) in [5.74, 6) is 0.766. The summed E-state index contributed by atoms with van der Waals surface area (Å²) in [6, 6.07) is 15.7. The molecule has 3 rings (SSSR count). The lowest BCUT2D eigenvalue weighted by atomic mass is 10.1. The molecule has 0 spiro atoms. The molecule has 1 atom stereocenters. The van der Waals surface area contributed by atoms with Crippen molar-refractivity contribution in [1.82, 2.24) is 4.57 Å². The summed E-state index contributed by atoms with van der Waals surface area (Å²) < 4.78 is 19.0. The Hall–Kier alpha value is -2.58. The summed E-state index contributed by atoms with van der Waals surface area (Å²) in [5.41, 5.74) is 3.46. The highest BCUT2D eigenvalue weighted by atomic mass is 32.2. The smallest absolute Gasteiger partial charge is 0.120 e. The summed E-state index contributed by atoms with van der Waals surface area (Å²) in [6.45, 7) is 2.79. The molecule has 0 fully saturated rings. The van der Waals surface area contributed by atoms with Gasteiger partial charge in [-0.25, -0.2) is 0 Å². The molecule has 122 valence electrons. The Morgan fingerprint density at radius 1 is 1.21 bits per heavy atom. The minimum absolute atomic E-state index is 0.653. The monoisotopic (exact) mass is 338 g/mol. The predicted octanol–water partition coefficient (Wildman–Crippen LogP) is 3.95. The number of hydrogen-bond donors (Lipinski definition) is 0. The maximum atomic E-state index is 11.6. The van der Waals surface area contributed by atoms with Crippen molar-refractivity contribution < 1.29 is 8.95 Å². The van der Waals surface area contributed by atoms with Crippen molar-refractivity contribution in [3.05, 3.63) is 48.0 Å². The molecule has 0 bridgehead atoms. The number of rotatable bonds is 4. The molecule has 0 saturated carbocycles. The Labute approximate surface area is 143 Å². The zero-order chi connectivity index (χ0) is 17.3. The van der Waals surface area contributed by atoms with E-state index in [9.17, 15) is 9.47 Å². The van der Waals surface area contributed by atoms with Gasteiger partial charge in [-0.15, -0.1) is 0 Å². The fourth-order valence-corrected chi connectivity index (χ4v) is 3.52. The maximum Gasteiger partial charge on any atom is 0.120 e. The Bertz CT molecular complexity index is 966. The van der Waals surface area contributed by atoms with Gasteiger partial charge in [0.05, 0.1) is 23.9 Å². The van der Waals surface area contributed by atoms with Crippen LogP contribution in [0.25, 0.3) is 22.2 Å². The second-order valence-electron chi connectivity index (χ2n) is 5.44. The van der Waals surface area contributed by atoms with Crippen LogP contribution in [0.1, 0.15) is 12.5 Å². The van der Waals surface area contributed by atoms with Crippen molar-refractivity contribution in [2.45, 2.75) is 18.4 Å². The van der Waals surface area contributed by atoms with Gasteiger partial charge in [0, 0.05) is 39.9 Å². The van der Waals surface area contributed by atoms with Crippen LogP contribution >= 0.6 is 0 Å². The average Bonchev–Trinajstić information content (AvgIpc) is 2.94. The van der Waals surface area contributed by atoms with E-state index >= 15 is 0 Å². The molecule has 24 heavy (non-hydrogen) atoms. The molecule has 4 nitrogen and oxygen atoms in total. The number of nitriles is 1. The normalized spacial score (nSPS) is 12.1. The van der Waals surface area contributed by atoms with Crippen LogP contribution in [0.5, 0.6) is 5.75 Å². The van der Waals surface area contributed by atoms with Crippen LogP contribution in [0, 0.1) is 11.3 Å². The number of aryl methyl sites for hydroxylation is 1. The number of ether oxygens (including phenoxy) is 1. The Morgan fingerprint density at radius 2 is 1.92 bits per heavy atom. The largest absolute Gasteiger partial charge is 0.497 e. The summed E-state index contributed by atoms with van der Waals surface area (Å²) in [4.78, 5) is 0.776. The first kappa shape index (κ1) is 16.3. The Morgan fingerprint density at radius 3 is 2.46 bits per heavy atom. The van der Waals surface area contributed by atoms with E-state index in [1.807, 2.05) is 42.5 Å². The van der Waals surface area contributed by atoms with Crippen molar-refractivity contribution >= 4 is 21.7 Å². The van der Waals surface area contributed by atoms with Crippen LogP contribution in [0.2, 0.25) is 0 Å². The van der Waals surface area contributed by atoms with E-state index < -0.39 is 10.8 Å². The van der Waals surface area contributed by atoms with Gasteiger partial charge in [-0.05, 0) is 36.8 Å². The molecule has 3 aromatic rings. The second kappa shape index (κ2) is 6.50. The zero-order valence-corrected chi connectivity index (χ0v) is 14.7. The molecule has 0 radical (unpaired) electrons. The summed E-state index contributed by atoms with van der Waals surface area (Å²) in [7, 11) is 0.620. The summed E-state index contributed by atoms with van der Waals surface area (Å²) in [6.07, 6.45) is 1.66. The summed E-state index contributed by atoms with van der Waals surface area (Å²) in [5, 5.41) is 10.6. The van der Waals surface area contributed by atoms with Gasteiger partial charge in [0.25, 0.3) is 0 Å². The van der Waals surface area contributed by atoms with Crippen LogP contribution in [0.3, 0.4) is 0 Å². The van der Waals surface area contributed by atoms with Crippen LogP contribution in [-0.4, -0.2) is 22.1 Å². The van der Waals surface area contributed by atoms with Gasteiger partial charge >= 0.3 is 0 Å². The van der Waals surface area contributed by atoms with Crippen molar-refractivity contribution in [2.24, 2.45) is 0 Å². The topological polar surface area (TPSA) is 55.0 Å². The van der Waals surface area contributed by atoms with Crippen LogP contribution in [0.4, 0.5) is 0 Å². The van der Waals surface area contributed by atoms with Crippen molar-refractivity contribution in [1.29, 1.82) is 5.26 Å². The van der Waals surface area contributed by atoms with E-state index in [1.165, 1.54) is 0 Å². The first-order valence-corrected chi connectivity index (χ1v) is 9.20. The highest BCUT2D eigenvalue weighted by molar-refractivity contribution is 7.84. The second-order valence-corrected chi connectivity index (χ2v) is 6.82. The van der Waals surface area contributed by atoms with Gasteiger partial charge in [0.1, 0.15) is 11.8 Å². The van der Waals surface area contributed by atoms with E-state index in [4.69, 9.17) is 4.74 Å². The first-order valence-electron chi connectivity index (χ1n) is 7.64. The third-order valence-corrected chi connectivity index (χ3v) is 5.10. The fraction of sp³-hybridized carbons (Fsp3) is 0.211. The SMILES string of the molecule is CCn1c(-c2ccc(S(C)=O)cc2)c(C#N)c2ccc(OC)cc21. The number of methoxy groups -OCH3 is 1. The van der Waals surface area contributed by atoms with Gasteiger partial charge in [-0.1, -0.05) is 12.1 Å². The van der Waals surface area contributed by atoms with Crippen LogP contribution in [-0.2, 0) is 17.3 Å². The summed E-state index contributed by atoms with van der Waals surface area (Å²) >= 11 is 0. The predicted molar refractivity (Wildman–Crippen MR) is 96.6 cm³/mol. The lowest BCUT2D eigenvalue weighted by molar-refractivity contribution is 0.415. The van der Waals surface area contributed by atoms with Crippen molar-refractivity contribution in [3.8, 4) is 23.1 Å². The lowest BCUT2D eigenvalue weighted by Crippen LogP contribution is -1.98. The molecular weight excluding hydrogens is 320 g/mol. The van der Waals surface area contributed by atoms with Gasteiger partial charge < -0.3 is 9.30 Å². The first-order chi connectivity index (χ1) is 11.6. The number of fused-ring (bicyclic) bond motifs is 1. The molecule has 1 heterocycles. The van der Waals surface area contributed by atoms with Gasteiger partial charge in [-0.2, -0.15) is 5.26 Å². The highest BCUT2D eigenvalue weighted by Crippen LogP contribution is 2.35. The van der Waals surface area contributed by atoms with Gasteiger partial charge in [0.15, 0.2) is 0 Å². The molecule has 1 unspecified atom stereocenters. The molecule has 0 N–H and O–H groups in total. The average molecular weight is 338 g/mol. The quantitative estimate of drug-likeness (QED) is 0.724. The molecule has 1 aromatic heterocycles. The van der Waals surface area contributed by atoms with Crippen molar-refractivity contribution in [2.75, 3.05) is 13.4 Å². The molecule has 5 heteroatoms. The molecule has 0 saturated heterocycles. The van der Waals surface area contributed by atoms with E-state index in [0.717, 1.165) is 39.4 Å². The maximum absolute atomic E-state index is 11.6. The molecular formula is C19H18N2O2S. The van der Waals surface area contributed by atoms with E-state index in [0.29, 0.717) is 5.56 Å². The molecule has 0 aliphatic heterocycles. The molecule has 0 amide bonds. The van der Waals surface area contributed by atoms with Crippen molar-refractivity contribution in [3.63, 3.8) is 0 Å². The van der Waals surface area contributed by atoms with Crippen LogP contribution < -0.4 is 4.74 Å². The molecule has 2 aromatic carbocycles. The third-order valence-electron chi connectivity index (χ3n) is 4.16. The molecule has 0 aliphatic rings. The van der Waals surface area contributed by atoms with E-state index in [1.54, 1.807) is 13.4 Å². The zero-order valence-electron chi connectivity index (χ0n) is 13.9. The van der Waals surface area contributed by atoms with Crippen LogP contribution in [0.15, 0.2) is 47.4 Å². The Balaban J connectivity index is 2.30. The third kappa shape index (κ3) is 2.59. The molecule has 0 aliphatic carbocycles. The van der Waals surface area contributed by atoms with Gasteiger partial charge in [-0.3, -0.25) is 4.21 Å². The number of hydrogen-bond acceptors (Lipinski definition) is 3. The van der Waals surface area contributed by atoms with Gasteiger partial charge in [0.2, 0.25) is 0 Å². The minimum atomic E-state index is -1.02.